The number of rotatable bonds is 5. The van der Waals surface area contributed by atoms with E-state index in [4.69, 9.17) is 0 Å². The number of hydrogen-bond donors (Lipinski definition) is 0. The van der Waals surface area contributed by atoms with Gasteiger partial charge in [-0.05, 0) is 48.4 Å². The summed E-state index contributed by atoms with van der Waals surface area (Å²) >= 11 is 4.94. The third kappa shape index (κ3) is 4.58. The van der Waals surface area contributed by atoms with E-state index >= 15 is 0 Å². The molecule has 0 N–H and O–H groups in total. The van der Waals surface area contributed by atoms with Crippen molar-refractivity contribution in [3.8, 4) is 0 Å². The lowest BCUT2D eigenvalue weighted by Crippen LogP contribution is -2.16. The van der Waals surface area contributed by atoms with Gasteiger partial charge in [-0.3, -0.25) is 14.9 Å². The van der Waals surface area contributed by atoms with E-state index in [1.165, 1.54) is 29.5 Å². The molecule has 8 heteroatoms. The van der Waals surface area contributed by atoms with Crippen LogP contribution in [-0.4, -0.2) is 15.4 Å². The molecule has 6 nitrogen and oxygen atoms in total. The second kappa shape index (κ2) is 8.41. The fraction of sp³-hybridized carbons (Fsp3) is 0.158. The van der Waals surface area contributed by atoms with Gasteiger partial charge in [0.15, 0.2) is 4.80 Å². The van der Waals surface area contributed by atoms with E-state index < -0.39 is 4.92 Å². The quantitative estimate of drug-likeness (QED) is 0.317. The Balaban J connectivity index is 1.90. The SMILES string of the molecule is CCCn1c(=NC(=O)/C=C/c2ccc([N+](=O)[O-])cc2)sc2cc(Br)ccc21. The number of benzene rings is 2. The van der Waals surface area contributed by atoms with E-state index in [9.17, 15) is 14.9 Å². The average Bonchev–Trinajstić information content (AvgIpc) is 2.97. The first-order valence-electron chi connectivity index (χ1n) is 8.28. The molecule has 1 aromatic heterocycles. The average molecular weight is 446 g/mol. The van der Waals surface area contributed by atoms with Crippen LogP contribution >= 0.6 is 27.3 Å². The Morgan fingerprint density at radius 3 is 2.70 bits per heavy atom. The fourth-order valence-corrected chi connectivity index (χ4v) is 4.19. The molecular weight excluding hydrogens is 430 g/mol. The first kappa shape index (κ1) is 19.2. The van der Waals surface area contributed by atoms with E-state index in [1.807, 2.05) is 22.8 Å². The number of halogens is 1. The predicted molar refractivity (Wildman–Crippen MR) is 111 cm³/mol. The van der Waals surface area contributed by atoms with Gasteiger partial charge in [0.2, 0.25) is 0 Å². The van der Waals surface area contributed by atoms with Crippen molar-refractivity contribution in [3.05, 3.63) is 73.5 Å². The van der Waals surface area contributed by atoms with Crippen LogP contribution in [0.3, 0.4) is 0 Å². The van der Waals surface area contributed by atoms with Crippen LogP contribution in [0.1, 0.15) is 18.9 Å². The number of thiazole rings is 1. The summed E-state index contributed by atoms with van der Waals surface area (Å²) in [6.07, 6.45) is 3.91. The minimum absolute atomic E-state index is 0.0141. The molecule has 2 aromatic carbocycles. The minimum Gasteiger partial charge on any atom is -0.316 e. The van der Waals surface area contributed by atoms with Gasteiger partial charge in [0, 0.05) is 29.2 Å². The molecule has 138 valence electrons. The molecule has 0 spiro atoms. The molecule has 27 heavy (non-hydrogen) atoms. The maximum atomic E-state index is 12.3. The Morgan fingerprint density at radius 1 is 1.30 bits per heavy atom. The summed E-state index contributed by atoms with van der Waals surface area (Å²) in [4.78, 5) is 27.4. The fourth-order valence-electron chi connectivity index (χ4n) is 2.58. The van der Waals surface area contributed by atoms with Crippen LogP contribution in [-0.2, 0) is 11.3 Å². The van der Waals surface area contributed by atoms with Crippen molar-refractivity contribution in [2.45, 2.75) is 19.9 Å². The first-order chi connectivity index (χ1) is 13.0. The molecule has 0 fully saturated rings. The lowest BCUT2D eigenvalue weighted by molar-refractivity contribution is -0.384. The van der Waals surface area contributed by atoms with Crippen LogP contribution in [0.4, 0.5) is 5.69 Å². The molecule has 0 unspecified atom stereocenters. The van der Waals surface area contributed by atoms with E-state index in [2.05, 4.69) is 27.8 Å². The number of carbonyl (C=O) groups excluding carboxylic acids is 1. The van der Waals surface area contributed by atoms with Gasteiger partial charge in [0.1, 0.15) is 0 Å². The summed E-state index contributed by atoms with van der Waals surface area (Å²) < 4.78 is 4.09. The molecule has 0 aliphatic carbocycles. The Labute approximate surface area is 167 Å². The summed E-state index contributed by atoms with van der Waals surface area (Å²) in [5.41, 5.74) is 1.77. The predicted octanol–water partition coefficient (Wildman–Crippen LogP) is 4.92. The van der Waals surface area contributed by atoms with Gasteiger partial charge in [-0.25, -0.2) is 0 Å². The van der Waals surface area contributed by atoms with Crippen molar-refractivity contribution < 1.29 is 9.72 Å². The number of aryl methyl sites for hydroxylation is 1. The molecule has 0 atom stereocenters. The highest BCUT2D eigenvalue weighted by Crippen LogP contribution is 2.22. The second-order valence-corrected chi connectivity index (χ2v) is 7.71. The third-order valence-electron chi connectivity index (χ3n) is 3.82. The van der Waals surface area contributed by atoms with Gasteiger partial charge in [-0.15, -0.1) is 0 Å². The van der Waals surface area contributed by atoms with Crippen LogP contribution in [0.15, 0.2) is 58.0 Å². The molecule has 1 heterocycles. The summed E-state index contributed by atoms with van der Waals surface area (Å²) in [5.74, 6) is -0.371. The zero-order chi connectivity index (χ0) is 19.4. The molecular formula is C19H16BrN3O3S. The second-order valence-electron chi connectivity index (χ2n) is 5.78. The number of amides is 1. The molecule has 0 bridgehead atoms. The maximum Gasteiger partial charge on any atom is 0.272 e. The van der Waals surface area contributed by atoms with Crippen molar-refractivity contribution in [3.63, 3.8) is 0 Å². The highest BCUT2D eigenvalue weighted by Gasteiger charge is 2.07. The van der Waals surface area contributed by atoms with Crippen molar-refractivity contribution in [2.75, 3.05) is 0 Å². The van der Waals surface area contributed by atoms with Crippen molar-refractivity contribution in [1.29, 1.82) is 0 Å². The van der Waals surface area contributed by atoms with Crippen LogP contribution in [0.5, 0.6) is 0 Å². The standard InChI is InChI=1S/C19H16BrN3O3S/c1-2-11-22-16-9-6-14(20)12-17(16)27-19(22)21-18(24)10-5-13-3-7-15(8-4-13)23(25)26/h3-10,12H,2,11H2,1H3/b10-5+,21-19?. The van der Waals surface area contributed by atoms with Gasteiger partial charge < -0.3 is 4.57 Å². The highest BCUT2D eigenvalue weighted by molar-refractivity contribution is 9.10. The van der Waals surface area contributed by atoms with E-state index in [1.54, 1.807) is 18.2 Å². The Bertz CT molecular complexity index is 1100. The molecule has 0 aliphatic rings. The van der Waals surface area contributed by atoms with Crippen molar-refractivity contribution >= 4 is 55.2 Å². The summed E-state index contributed by atoms with van der Waals surface area (Å²) in [6, 6.07) is 12.0. The Hall–Kier alpha value is -2.58. The number of fused-ring (bicyclic) bond motifs is 1. The third-order valence-corrected chi connectivity index (χ3v) is 5.35. The number of non-ortho nitro benzene ring substituents is 1. The number of nitrogens with zero attached hydrogens (tertiary/aromatic N) is 3. The van der Waals surface area contributed by atoms with Crippen LogP contribution in [0, 0.1) is 10.1 Å². The number of nitro benzene ring substituents is 1. The topological polar surface area (TPSA) is 77.5 Å². The van der Waals surface area contributed by atoms with E-state index in [-0.39, 0.29) is 11.6 Å². The molecule has 3 rings (SSSR count). The first-order valence-corrected chi connectivity index (χ1v) is 9.89. The normalized spacial score (nSPS) is 12.1. The lowest BCUT2D eigenvalue weighted by atomic mass is 10.2. The number of aromatic nitrogens is 1. The van der Waals surface area contributed by atoms with Crippen molar-refractivity contribution in [2.24, 2.45) is 4.99 Å². The monoisotopic (exact) mass is 445 g/mol. The van der Waals surface area contributed by atoms with Gasteiger partial charge in [0.05, 0.1) is 15.1 Å². The van der Waals surface area contributed by atoms with Crippen molar-refractivity contribution in [1.82, 2.24) is 4.57 Å². The van der Waals surface area contributed by atoms with E-state index in [0.717, 1.165) is 27.7 Å². The maximum absolute atomic E-state index is 12.3. The molecule has 0 radical (unpaired) electrons. The Morgan fingerprint density at radius 2 is 2.04 bits per heavy atom. The Kier molecular flexibility index (Phi) is 5.98. The minimum atomic E-state index is -0.458. The smallest absolute Gasteiger partial charge is 0.272 e. The van der Waals surface area contributed by atoms with Gasteiger partial charge in [-0.2, -0.15) is 4.99 Å². The van der Waals surface area contributed by atoms with Crippen LogP contribution in [0.2, 0.25) is 0 Å². The summed E-state index contributed by atoms with van der Waals surface area (Å²) in [6.45, 7) is 2.86. The highest BCUT2D eigenvalue weighted by atomic mass is 79.9. The molecule has 3 aromatic rings. The zero-order valence-corrected chi connectivity index (χ0v) is 16.9. The lowest BCUT2D eigenvalue weighted by Gasteiger charge is -2.02. The number of carbonyl (C=O) groups is 1. The number of hydrogen-bond acceptors (Lipinski definition) is 4. The zero-order valence-electron chi connectivity index (χ0n) is 14.5. The number of nitro groups is 1. The molecule has 0 saturated carbocycles. The van der Waals surface area contributed by atoms with Gasteiger partial charge in [0.25, 0.3) is 11.6 Å². The molecule has 0 saturated heterocycles. The largest absolute Gasteiger partial charge is 0.316 e. The van der Waals surface area contributed by atoms with Gasteiger partial charge in [-0.1, -0.05) is 34.2 Å². The summed E-state index contributed by atoms with van der Waals surface area (Å²) in [5, 5.41) is 10.7. The van der Waals surface area contributed by atoms with Gasteiger partial charge >= 0.3 is 0 Å². The molecule has 0 aliphatic heterocycles. The van der Waals surface area contributed by atoms with Crippen LogP contribution in [0.25, 0.3) is 16.3 Å². The van der Waals surface area contributed by atoms with E-state index in [0.29, 0.717) is 10.4 Å². The summed E-state index contributed by atoms with van der Waals surface area (Å²) in [7, 11) is 0. The molecule has 1 amide bonds. The van der Waals surface area contributed by atoms with Crippen LogP contribution < -0.4 is 4.80 Å².